The molecule has 0 aliphatic rings. The van der Waals surface area contributed by atoms with Crippen LogP contribution in [0.25, 0.3) is 0 Å². The van der Waals surface area contributed by atoms with Gasteiger partial charge in [-0.2, -0.15) is 0 Å². The van der Waals surface area contributed by atoms with E-state index in [1.807, 2.05) is 0 Å². The van der Waals surface area contributed by atoms with E-state index in [0.717, 1.165) is 0 Å². The molecule has 0 unspecified atom stereocenters. The van der Waals surface area contributed by atoms with Crippen molar-refractivity contribution in [3.63, 3.8) is 0 Å². The largest absolute Gasteiger partial charge is 1.00 e. The maximum atomic E-state index is 7.57. The van der Waals surface area contributed by atoms with Crippen LogP contribution in [0.3, 0.4) is 0 Å². The van der Waals surface area contributed by atoms with Gasteiger partial charge in [-0.15, -0.1) is 0 Å². The zero-order valence-corrected chi connectivity index (χ0v) is 15.0. The predicted octanol–water partition coefficient (Wildman–Crippen LogP) is -6.00. The fourth-order valence-electron chi connectivity index (χ4n) is 0. The minimum Gasteiger partial charge on any atom is -1.00 e. The molecule has 0 heterocycles. The molecule has 0 bridgehead atoms. The maximum absolute atomic E-state index is 7.57. The van der Waals surface area contributed by atoms with Crippen molar-refractivity contribution in [2.45, 2.75) is 27.7 Å². The summed E-state index contributed by atoms with van der Waals surface area (Å²) in [6, 6.07) is 0. The Morgan fingerprint density at radius 3 is 0.533 bits per heavy atom. The van der Waals surface area contributed by atoms with Gasteiger partial charge in [-0.3, -0.25) is 0 Å². The molecule has 0 aromatic carbocycles. The van der Waals surface area contributed by atoms with Crippen molar-refractivity contribution in [2.75, 3.05) is 26.4 Å². The van der Waals surface area contributed by atoms with Crippen molar-refractivity contribution in [3.05, 3.63) is 0 Å². The van der Waals surface area contributed by atoms with Crippen LogP contribution >= 0.6 is 0 Å². The zero-order valence-electron chi connectivity index (χ0n) is 9.87. The Morgan fingerprint density at radius 1 is 0.533 bits per heavy atom. The molecule has 100 valence electrons. The SMILES string of the molecule is CCO.CCO.CCO.CCO.[Cl-].[Cl-].[Hf]. The molecule has 0 spiro atoms. The number of rotatable bonds is 0. The number of halogens is 2. The number of aliphatic hydroxyl groups excluding tert-OH is 4. The molecular formula is C8H24Cl2HfO4-2. The second-order valence-electron chi connectivity index (χ2n) is 1.26. The third kappa shape index (κ3) is 1620. The molecule has 7 heteroatoms. The van der Waals surface area contributed by atoms with E-state index in [-0.39, 0.29) is 77.1 Å². The van der Waals surface area contributed by atoms with Crippen LogP contribution in [0, 0.1) is 0 Å². The Bertz CT molecular complexity index is 32.6. The van der Waals surface area contributed by atoms with Gasteiger partial charge in [-0.25, -0.2) is 0 Å². The van der Waals surface area contributed by atoms with Gasteiger partial charge in [0.1, 0.15) is 0 Å². The monoisotopic (exact) mass is 434 g/mol. The average molecular weight is 434 g/mol. The van der Waals surface area contributed by atoms with E-state index in [0.29, 0.717) is 0 Å². The molecule has 4 nitrogen and oxygen atoms in total. The van der Waals surface area contributed by atoms with Gasteiger partial charge in [0, 0.05) is 52.3 Å². The third-order valence-electron chi connectivity index (χ3n) is 0. The van der Waals surface area contributed by atoms with Crippen LogP contribution in [-0.4, -0.2) is 46.9 Å². The first-order chi connectivity index (χ1) is 5.66. The molecule has 0 saturated heterocycles. The fraction of sp³-hybridized carbons (Fsp3) is 1.00. The van der Waals surface area contributed by atoms with Crippen LogP contribution in [0.2, 0.25) is 0 Å². The summed E-state index contributed by atoms with van der Waals surface area (Å²) in [6.07, 6.45) is 0. The number of hydrogen-bond donors (Lipinski definition) is 4. The second-order valence-corrected chi connectivity index (χ2v) is 1.26. The summed E-state index contributed by atoms with van der Waals surface area (Å²) in [5.74, 6) is 0. The molecule has 0 atom stereocenters. The Labute approximate surface area is 125 Å². The van der Waals surface area contributed by atoms with Crippen molar-refractivity contribution in [3.8, 4) is 0 Å². The quantitative estimate of drug-likeness (QED) is 0.287. The molecule has 15 heavy (non-hydrogen) atoms. The molecule has 4 N–H and O–H groups in total. The Balaban J connectivity index is -0.0000000107. The van der Waals surface area contributed by atoms with E-state index in [1.165, 1.54) is 0 Å². The molecular weight excluding hydrogens is 409 g/mol. The molecule has 0 radical (unpaired) electrons. The maximum Gasteiger partial charge on any atom is 0.0402 e. The van der Waals surface area contributed by atoms with Gasteiger partial charge in [-0.1, -0.05) is 0 Å². The van der Waals surface area contributed by atoms with E-state index in [1.54, 1.807) is 27.7 Å². The summed E-state index contributed by atoms with van der Waals surface area (Å²) >= 11 is 0. The van der Waals surface area contributed by atoms with Crippen molar-refractivity contribution >= 4 is 0 Å². The van der Waals surface area contributed by atoms with E-state index in [4.69, 9.17) is 20.4 Å². The normalized spacial score (nSPS) is 4.80. The van der Waals surface area contributed by atoms with E-state index in [2.05, 4.69) is 0 Å². The summed E-state index contributed by atoms with van der Waals surface area (Å²) in [5.41, 5.74) is 0. The van der Waals surface area contributed by atoms with Crippen LogP contribution in [-0.2, 0) is 25.8 Å². The van der Waals surface area contributed by atoms with Gasteiger partial charge < -0.3 is 45.2 Å². The summed E-state index contributed by atoms with van der Waals surface area (Å²) in [5, 5.41) is 30.3. The summed E-state index contributed by atoms with van der Waals surface area (Å²) < 4.78 is 0. The van der Waals surface area contributed by atoms with Crippen molar-refractivity contribution in [1.29, 1.82) is 0 Å². The minimum absolute atomic E-state index is 0. The minimum atomic E-state index is 0. The number of hydrogen-bond acceptors (Lipinski definition) is 4. The standard InChI is InChI=1S/4C2H6O.2ClH.Hf/c4*1-2-3;;;/h4*3H,2H2,1H3;2*1H;/p-2. The molecule has 0 aliphatic carbocycles. The van der Waals surface area contributed by atoms with Crippen LogP contribution in [0.15, 0.2) is 0 Å². The van der Waals surface area contributed by atoms with Gasteiger partial charge in [-0.05, 0) is 27.7 Å². The van der Waals surface area contributed by atoms with Gasteiger partial charge in [0.15, 0.2) is 0 Å². The summed E-state index contributed by atoms with van der Waals surface area (Å²) in [4.78, 5) is 0. The molecule has 0 aromatic heterocycles. The fourth-order valence-corrected chi connectivity index (χ4v) is 0. The molecule has 0 rings (SSSR count). The Morgan fingerprint density at radius 2 is 0.533 bits per heavy atom. The first kappa shape index (κ1) is 44.1. The number of aliphatic hydroxyl groups is 4. The van der Waals surface area contributed by atoms with E-state index >= 15 is 0 Å². The van der Waals surface area contributed by atoms with Gasteiger partial charge >= 0.3 is 0 Å². The molecule has 0 amide bonds. The smallest absolute Gasteiger partial charge is 0.0402 e. The predicted molar refractivity (Wildman–Crippen MR) is 51.0 cm³/mol. The van der Waals surface area contributed by atoms with Crippen LogP contribution in [0.1, 0.15) is 27.7 Å². The molecule has 0 fully saturated rings. The molecule has 0 aromatic rings. The van der Waals surface area contributed by atoms with Gasteiger partial charge in [0.25, 0.3) is 0 Å². The summed E-state index contributed by atoms with van der Waals surface area (Å²) in [6.45, 7) is 7.72. The van der Waals surface area contributed by atoms with Crippen molar-refractivity contribution < 1.29 is 71.1 Å². The van der Waals surface area contributed by atoms with Crippen LogP contribution < -0.4 is 24.8 Å². The van der Waals surface area contributed by atoms with Gasteiger partial charge in [0.2, 0.25) is 0 Å². The second kappa shape index (κ2) is 112. The Hall–Kier alpha value is 1.29. The topological polar surface area (TPSA) is 80.9 Å². The molecule has 0 saturated carbocycles. The van der Waals surface area contributed by atoms with Crippen LogP contribution in [0.4, 0.5) is 0 Å². The molecule has 0 aliphatic heterocycles. The first-order valence-electron chi connectivity index (χ1n) is 4.09. The van der Waals surface area contributed by atoms with Crippen molar-refractivity contribution in [2.24, 2.45) is 0 Å². The third-order valence-corrected chi connectivity index (χ3v) is 0. The first-order valence-corrected chi connectivity index (χ1v) is 4.09. The average Bonchev–Trinajstić information content (AvgIpc) is 1.92. The summed E-state index contributed by atoms with van der Waals surface area (Å²) in [7, 11) is 0. The van der Waals surface area contributed by atoms with Crippen LogP contribution in [0.5, 0.6) is 0 Å². The van der Waals surface area contributed by atoms with E-state index < -0.39 is 0 Å². The van der Waals surface area contributed by atoms with Gasteiger partial charge in [0.05, 0.1) is 0 Å². The van der Waals surface area contributed by atoms with Crippen molar-refractivity contribution in [1.82, 2.24) is 0 Å². The Kier molecular flexibility index (Phi) is 328. The zero-order chi connectivity index (χ0) is 10.8. The van der Waals surface area contributed by atoms with E-state index in [9.17, 15) is 0 Å².